The highest BCUT2D eigenvalue weighted by atomic mass is 16.5. The van der Waals surface area contributed by atoms with Gasteiger partial charge in [0, 0.05) is 75.1 Å². The van der Waals surface area contributed by atoms with E-state index in [1.165, 1.54) is 0 Å². The predicted molar refractivity (Wildman–Crippen MR) is 257 cm³/mol. The number of likely N-dealkylation sites (N-methyl/N-ethyl adjacent to an activating group) is 1. The molecule has 7 N–H and O–H groups in total. The Labute approximate surface area is 397 Å². The van der Waals surface area contributed by atoms with Gasteiger partial charge in [0.05, 0.1) is 31.8 Å². The summed E-state index contributed by atoms with van der Waals surface area (Å²) in [6.07, 6.45) is 3.64. The smallest absolute Gasteiger partial charge is 0.303 e. The van der Waals surface area contributed by atoms with Crippen molar-refractivity contribution in [2.75, 3.05) is 57.5 Å². The quantitative estimate of drug-likeness (QED) is 0.0479. The molecule has 68 heavy (non-hydrogen) atoms. The van der Waals surface area contributed by atoms with Crippen LogP contribution in [0, 0.1) is 5.92 Å². The lowest BCUT2D eigenvalue weighted by molar-refractivity contribution is -0.140. The molecule has 0 radical (unpaired) electrons. The number of ether oxygens (including phenoxy) is 1. The first-order valence-corrected chi connectivity index (χ1v) is 22.9. The molecule has 1 fully saturated rings. The van der Waals surface area contributed by atoms with Crippen LogP contribution in [0.25, 0.3) is 0 Å². The average molecular weight is 934 g/mol. The van der Waals surface area contributed by atoms with Crippen LogP contribution in [0.15, 0.2) is 84.9 Å². The number of rotatable bonds is 27. The summed E-state index contributed by atoms with van der Waals surface area (Å²) in [7, 11) is 3.64. The van der Waals surface area contributed by atoms with Crippen LogP contribution in [0.1, 0.15) is 100 Å². The minimum absolute atomic E-state index is 0.0114. The number of anilines is 2. The van der Waals surface area contributed by atoms with Crippen molar-refractivity contribution in [2.24, 2.45) is 11.7 Å². The van der Waals surface area contributed by atoms with Gasteiger partial charge >= 0.3 is 5.97 Å². The van der Waals surface area contributed by atoms with Crippen LogP contribution in [0.4, 0.5) is 11.4 Å². The molecule has 362 valence electrons. The van der Waals surface area contributed by atoms with Crippen LogP contribution < -0.4 is 31.7 Å². The number of hydrogen-bond donors (Lipinski definition) is 6. The van der Waals surface area contributed by atoms with E-state index >= 15 is 0 Å². The standard InChI is InChI=1S/C50H63N9O9/c1-5-40(6-2)59(25-24-58(4)45(62)22-23-46(63)64)31-36-8-7-9-38(26-36)49(66)55-41-20-21-44(68-32-35-10-11-35)56-47(41)50(67)54-39-18-14-34(15-19-39)30-57(3)29-33-12-16-37(17-13-33)48(65)53-28-43(61)52-27-42(51)60/h7-9,12-21,26,35,40H,5-6,10-11,22-25,27-32H2,1-4H3,(H2,51,60)(H,52,61)(H,53,65)(H,54,67)(H,55,66)(H,63,64). The number of carboxylic acids is 1. The number of pyridine rings is 1. The summed E-state index contributed by atoms with van der Waals surface area (Å²) >= 11 is 0. The van der Waals surface area contributed by atoms with E-state index in [0.29, 0.717) is 62.1 Å². The Morgan fingerprint density at radius 1 is 0.735 bits per heavy atom. The maximum Gasteiger partial charge on any atom is 0.303 e. The zero-order chi connectivity index (χ0) is 49.2. The highest BCUT2D eigenvalue weighted by Gasteiger charge is 2.24. The molecular formula is C50H63N9O9. The van der Waals surface area contributed by atoms with Gasteiger partial charge in [-0.1, -0.05) is 50.2 Å². The number of aromatic nitrogens is 1. The fourth-order valence-corrected chi connectivity index (χ4v) is 7.36. The van der Waals surface area contributed by atoms with Gasteiger partial charge in [0.2, 0.25) is 23.6 Å². The lowest BCUT2D eigenvalue weighted by atomic mass is 10.1. The second-order valence-corrected chi connectivity index (χ2v) is 17.1. The van der Waals surface area contributed by atoms with Gasteiger partial charge in [-0.05, 0) is 97.8 Å². The topological polar surface area (TPSA) is 246 Å². The van der Waals surface area contributed by atoms with E-state index in [4.69, 9.17) is 15.6 Å². The molecule has 3 aromatic carbocycles. The first-order chi connectivity index (χ1) is 32.6. The maximum atomic E-state index is 13.9. The van der Waals surface area contributed by atoms with E-state index < -0.39 is 35.5 Å². The second kappa shape index (κ2) is 25.7. The number of benzene rings is 3. The number of nitrogens with two attached hydrogens (primary N) is 1. The zero-order valence-electron chi connectivity index (χ0n) is 39.2. The van der Waals surface area contributed by atoms with Crippen molar-refractivity contribution in [3.05, 3.63) is 118 Å². The molecule has 0 atom stereocenters. The molecule has 1 aliphatic rings. The maximum absolute atomic E-state index is 13.9. The van der Waals surface area contributed by atoms with Crippen molar-refractivity contribution in [3.8, 4) is 5.88 Å². The third-order valence-electron chi connectivity index (χ3n) is 11.4. The van der Waals surface area contributed by atoms with Crippen molar-refractivity contribution in [1.82, 2.24) is 30.3 Å². The zero-order valence-corrected chi connectivity index (χ0v) is 39.2. The molecule has 0 saturated heterocycles. The fourth-order valence-electron chi connectivity index (χ4n) is 7.36. The van der Waals surface area contributed by atoms with Crippen molar-refractivity contribution >= 4 is 52.8 Å². The molecule has 0 bridgehead atoms. The molecule has 1 heterocycles. The van der Waals surface area contributed by atoms with Crippen LogP contribution in [-0.4, -0.2) is 119 Å². The minimum atomic E-state index is -1.01. The Morgan fingerprint density at radius 3 is 2.04 bits per heavy atom. The molecule has 6 amide bonds. The Balaban J connectivity index is 1.20. The van der Waals surface area contributed by atoms with Gasteiger partial charge in [-0.2, -0.15) is 0 Å². The molecule has 4 aromatic rings. The molecule has 1 aliphatic carbocycles. The first-order valence-electron chi connectivity index (χ1n) is 22.9. The van der Waals surface area contributed by atoms with Crippen LogP contribution in [0.2, 0.25) is 0 Å². The second-order valence-electron chi connectivity index (χ2n) is 17.1. The molecule has 1 saturated carbocycles. The molecule has 0 unspecified atom stereocenters. The highest BCUT2D eigenvalue weighted by Crippen LogP contribution is 2.30. The molecule has 1 aromatic heterocycles. The van der Waals surface area contributed by atoms with Crippen LogP contribution in [-0.2, 0) is 38.8 Å². The van der Waals surface area contributed by atoms with Crippen molar-refractivity contribution < 1.29 is 43.4 Å². The van der Waals surface area contributed by atoms with Gasteiger partial charge in [0.1, 0.15) is 0 Å². The number of nitrogens with one attached hydrogen (secondary N) is 4. The third-order valence-corrected chi connectivity index (χ3v) is 11.4. The van der Waals surface area contributed by atoms with E-state index in [0.717, 1.165) is 42.4 Å². The summed E-state index contributed by atoms with van der Waals surface area (Å²) in [5.41, 5.74) is 9.35. The Kier molecular flexibility index (Phi) is 19.5. The Bertz CT molecular complexity index is 2390. The lowest BCUT2D eigenvalue weighted by Crippen LogP contribution is -2.41. The molecule has 18 heteroatoms. The molecule has 0 spiro atoms. The van der Waals surface area contributed by atoms with Crippen molar-refractivity contribution in [3.63, 3.8) is 0 Å². The molecule has 18 nitrogen and oxygen atoms in total. The predicted octanol–water partition coefficient (Wildman–Crippen LogP) is 4.65. The summed E-state index contributed by atoms with van der Waals surface area (Å²) in [4.78, 5) is 96.9. The summed E-state index contributed by atoms with van der Waals surface area (Å²) in [6.45, 7) is 6.77. The third kappa shape index (κ3) is 16.9. The number of nitrogens with zero attached hydrogens (tertiary/aromatic N) is 4. The number of aliphatic carboxylic acids is 1. The number of carboxylic acid groups (broad SMARTS) is 1. The van der Waals surface area contributed by atoms with Gasteiger partial charge in [0.25, 0.3) is 17.7 Å². The fraction of sp³-hybridized carbons (Fsp3) is 0.400. The average Bonchev–Trinajstić information content (AvgIpc) is 4.16. The van der Waals surface area contributed by atoms with E-state index in [1.807, 2.05) is 49.5 Å². The van der Waals surface area contributed by atoms with Crippen molar-refractivity contribution in [2.45, 2.75) is 78.0 Å². The van der Waals surface area contributed by atoms with E-state index in [9.17, 15) is 33.6 Å². The Hall–Kier alpha value is -7.18. The van der Waals surface area contributed by atoms with Crippen LogP contribution in [0.3, 0.4) is 0 Å². The number of carbonyl (C=O) groups is 7. The minimum Gasteiger partial charge on any atom is -0.481 e. The largest absolute Gasteiger partial charge is 0.481 e. The summed E-state index contributed by atoms with van der Waals surface area (Å²) in [6, 6.07) is 25.1. The SMILES string of the molecule is CCC(CC)N(CCN(C)C(=O)CCC(=O)O)Cc1cccc(C(=O)Nc2ccc(OCC3CC3)nc2C(=O)Nc2ccc(CN(C)Cc3ccc(C(=O)NCC(=O)NCC(N)=O)cc3)cc2)c1. The van der Waals surface area contributed by atoms with E-state index in [-0.39, 0.29) is 55.1 Å². The summed E-state index contributed by atoms with van der Waals surface area (Å²) in [5.74, 6) is -3.11. The van der Waals surface area contributed by atoms with Crippen LogP contribution in [0.5, 0.6) is 5.88 Å². The summed E-state index contributed by atoms with van der Waals surface area (Å²) in [5, 5.41) is 19.6. The van der Waals surface area contributed by atoms with Crippen LogP contribution >= 0.6 is 0 Å². The van der Waals surface area contributed by atoms with Gasteiger partial charge < -0.3 is 41.7 Å². The normalized spacial score (nSPS) is 12.1. The van der Waals surface area contributed by atoms with Gasteiger partial charge in [0.15, 0.2) is 5.69 Å². The van der Waals surface area contributed by atoms with Gasteiger partial charge in [-0.15, -0.1) is 0 Å². The van der Waals surface area contributed by atoms with Gasteiger partial charge in [-0.25, -0.2) is 4.98 Å². The van der Waals surface area contributed by atoms with Gasteiger partial charge in [-0.3, -0.25) is 43.4 Å². The first kappa shape index (κ1) is 51.8. The highest BCUT2D eigenvalue weighted by molar-refractivity contribution is 6.11. The van der Waals surface area contributed by atoms with E-state index in [1.54, 1.807) is 54.4 Å². The van der Waals surface area contributed by atoms with E-state index in [2.05, 4.69) is 49.9 Å². The number of primary amides is 1. The summed E-state index contributed by atoms with van der Waals surface area (Å²) < 4.78 is 5.92. The molecule has 5 rings (SSSR count). The number of hydrogen-bond acceptors (Lipinski definition) is 11. The molecule has 0 aliphatic heterocycles. The lowest BCUT2D eigenvalue weighted by Gasteiger charge is -2.32. The van der Waals surface area contributed by atoms with Crippen molar-refractivity contribution in [1.29, 1.82) is 0 Å². The number of amides is 6. The monoisotopic (exact) mass is 933 g/mol. The molecular weight excluding hydrogens is 871 g/mol. The Morgan fingerprint density at radius 2 is 1.41 bits per heavy atom. The number of carbonyl (C=O) groups excluding carboxylic acids is 6.